The predicted octanol–water partition coefficient (Wildman–Crippen LogP) is 25.7. The fourth-order valence-corrected chi connectivity index (χ4v) is 14.7. The van der Waals surface area contributed by atoms with E-state index >= 15 is 0 Å². The lowest BCUT2D eigenvalue weighted by Crippen LogP contribution is -2.30. The first-order valence-electron chi connectivity index (χ1n) is 43.9. The predicted molar refractivity (Wildman–Crippen MR) is 428 cm³/mol. The number of phosphoric ester groups is 2. The molecular formula is C85H166O17P2. The zero-order valence-corrected chi connectivity index (χ0v) is 70.3. The minimum Gasteiger partial charge on any atom is -0.462 e. The van der Waals surface area contributed by atoms with E-state index in [4.69, 9.17) is 37.0 Å². The van der Waals surface area contributed by atoms with E-state index in [1.165, 1.54) is 257 Å². The number of esters is 4. The van der Waals surface area contributed by atoms with Crippen molar-refractivity contribution in [1.29, 1.82) is 0 Å². The molecule has 0 aliphatic carbocycles. The molecule has 0 radical (unpaired) electrons. The zero-order valence-electron chi connectivity index (χ0n) is 68.5. The van der Waals surface area contributed by atoms with Crippen LogP contribution in [0.1, 0.15) is 447 Å². The van der Waals surface area contributed by atoms with Gasteiger partial charge >= 0.3 is 39.5 Å². The number of carbonyl (C=O) groups is 4. The average molecular weight is 1520 g/mol. The highest BCUT2D eigenvalue weighted by Crippen LogP contribution is 2.45. The fraction of sp³-hybridized carbons (Fsp3) is 0.953. The smallest absolute Gasteiger partial charge is 0.462 e. The molecule has 6 atom stereocenters. The van der Waals surface area contributed by atoms with Crippen molar-refractivity contribution in [2.75, 3.05) is 39.6 Å². The van der Waals surface area contributed by atoms with Crippen LogP contribution in [0.3, 0.4) is 0 Å². The normalized spacial score (nSPS) is 14.2. The molecule has 618 valence electrons. The van der Waals surface area contributed by atoms with Gasteiger partial charge in [0.05, 0.1) is 26.4 Å². The molecular weight excluding hydrogens is 1350 g/mol. The van der Waals surface area contributed by atoms with E-state index in [0.717, 1.165) is 108 Å². The van der Waals surface area contributed by atoms with Gasteiger partial charge in [-0.15, -0.1) is 0 Å². The van der Waals surface area contributed by atoms with Crippen LogP contribution in [0.15, 0.2) is 0 Å². The Bertz CT molecular complexity index is 2010. The molecule has 3 N–H and O–H groups in total. The number of carbonyl (C=O) groups excluding carboxylic acids is 4. The summed E-state index contributed by atoms with van der Waals surface area (Å²) < 4.78 is 68.9. The molecule has 0 fully saturated rings. The lowest BCUT2D eigenvalue weighted by Gasteiger charge is -2.21. The molecule has 0 bridgehead atoms. The summed E-state index contributed by atoms with van der Waals surface area (Å²) in [5, 5.41) is 10.7. The second-order valence-electron chi connectivity index (χ2n) is 31.8. The number of phosphoric acid groups is 2. The summed E-state index contributed by atoms with van der Waals surface area (Å²) in [5.74, 6) is 0.235. The SMILES string of the molecule is CCCCCCCCCCCCCCCCCCCCCCCC(=O)O[C@H](COC(=O)CCCCCCCCCCCCCCCCC(C)C)COP(=O)(O)OC[C@@H](O)COP(=O)(O)OC[C@@H](COC(=O)CCCCCCCCCCC(C)CC)OC(=O)CCCCCCCCCCCCCC(C)C. The molecule has 0 heterocycles. The Labute approximate surface area is 638 Å². The van der Waals surface area contributed by atoms with Crippen molar-refractivity contribution in [3.05, 3.63) is 0 Å². The molecule has 0 rings (SSSR count). The van der Waals surface area contributed by atoms with Gasteiger partial charge in [-0.2, -0.15) is 0 Å². The molecule has 0 aromatic rings. The van der Waals surface area contributed by atoms with Crippen LogP contribution in [0, 0.1) is 17.8 Å². The van der Waals surface area contributed by atoms with Crippen LogP contribution in [0.25, 0.3) is 0 Å². The summed E-state index contributed by atoms with van der Waals surface area (Å²) in [6.45, 7) is 12.0. The van der Waals surface area contributed by atoms with Crippen molar-refractivity contribution in [3.63, 3.8) is 0 Å². The highest BCUT2D eigenvalue weighted by Gasteiger charge is 2.30. The molecule has 3 unspecified atom stereocenters. The third-order valence-electron chi connectivity index (χ3n) is 20.2. The van der Waals surface area contributed by atoms with Gasteiger partial charge in [0.2, 0.25) is 0 Å². The number of aliphatic hydroxyl groups excluding tert-OH is 1. The van der Waals surface area contributed by atoms with Crippen molar-refractivity contribution in [2.24, 2.45) is 17.8 Å². The van der Waals surface area contributed by atoms with Crippen LogP contribution < -0.4 is 0 Å². The van der Waals surface area contributed by atoms with Gasteiger partial charge in [0.15, 0.2) is 12.2 Å². The van der Waals surface area contributed by atoms with E-state index in [2.05, 4.69) is 48.5 Å². The first-order valence-corrected chi connectivity index (χ1v) is 46.9. The maximum atomic E-state index is 13.1. The van der Waals surface area contributed by atoms with Crippen LogP contribution in [-0.2, 0) is 65.4 Å². The van der Waals surface area contributed by atoms with Crippen LogP contribution >= 0.6 is 15.6 Å². The maximum absolute atomic E-state index is 13.1. The summed E-state index contributed by atoms with van der Waals surface area (Å²) in [7, 11) is -9.93. The van der Waals surface area contributed by atoms with E-state index in [0.29, 0.717) is 25.7 Å². The minimum atomic E-state index is -4.97. The first-order chi connectivity index (χ1) is 50.3. The molecule has 0 saturated carbocycles. The summed E-state index contributed by atoms with van der Waals surface area (Å²) >= 11 is 0. The van der Waals surface area contributed by atoms with Gasteiger partial charge in [0.1, 0.15) is 19.3 Å². The molecule has 0 aliphatic heterocycles. The van der Waals surface area contributed by atoms with Gasteiger partial charge in [-0.1, -0.05) is 395 Å². The quantitative estimate of drug-likeness (QED) is 0.0222. The largest absolute Gasteiger partial charge is 0.472 e. The third kappa shape index (κ3) is 76.8. The Morgan fingerprint density at radius 3 is 0.731 bits per heavy atom. The number of unbranched alkanes of at least 4 members (excludes halogenated alkanes) is 50. The zero-order chi connectivity index (χ0) is 76.5. The standard InChI is InChI=1S/C85H166O17P2/c1-8-10-11-12-13-14-15-16-17-18-19-20-21-22-23-28-33-38-47-54-61-68-84(89)101-80(72-95-82(87)66-59-52-45-37-32-27-25-24-26-30-35-42-49-56-63-76(3)4)74-99-103(91,92)97-70-79(86)71-98-104(93,94)100-75-81(73-96-83(88)67-60-53-46-41-40-44-51-58-65-78(7)9-2)102-85(90)69-62-55-48-39-34-29-31-36-43-50-57-64-77(5)6/h76-81,86H,8-75H2,1-7H3,(H,91,92)(H,93,94)/t78?,79-,80-,81-/m1/s1. The molecule has 0 saturated heterocycles. The Morgan fingerprint density at radius 1 is 0.279 bits per heavy atom. The molecule has 0 amide bonds. The fourth-order valence-electron chi connectivity index (χ4n) is 13.2. The first kappa shape index (κ1) is 102. The van der Waals surface area contributed by atoms with Crippen molar-refractivity contribution < 1.29 is 80.2 Å². The van der Waals surface area contributed by atoms with Crippen LogP contribution in [-0.4, -0.2) is 96.7 Å². The lowest BCUT2D eigenvalue weighted by molar-refractivity contribution is -0.161. The van der Waals surface area contributed by atoms with Crippen molar-refractivity contribution in [2.45, 2.75) is 465 Å². The summed E-state index contributed by atoms with van der Waals surface area (Å²) in [4.78, 5) is 73.2. The maximum Gasteiger partial charge on any atom is 0.472 e. The van der Waals surface area contributed by atoms with Gasteiger partial charge in [-0.25, -0.2) is 9.13 Å². The average Bonchev–Trinajstić information content (AvgIpc) is 0.909. The number of aliphatic hydroxyl groups is 1. The van der Waals surface area contributed by atoms with Crippen molar-refractivity contribution in [3.8, 4) is 0 Å². The van der Waals surface area contributed by atoms with E-state index in [9.17, 15) is 43.2 Å². The van der Waals surface area contributed by atoms with E-state index in [1.807, 2.05) is 0 Å². The van der Waals surface area contributed by atoms with Crippen molar-refractivity contribution >= 4 is 39.5 Å². The number of hydrogen-bond acceptors (Lipinski definition) is 15. The Hall–Kier alpha value is -1.94. The molecule has 0 aromatic carbocycles. The Balaban J connectivity index is 5.25. The van der Waals surface area contributed by atoms with Crippen LogP contribution in [0.5, 0.6) is 0 Å². The van der Waals surface area contributed by atoms with E-state index < -0.39 is 97.5 Å². The minimum absolute atomic E-state index is 0.106. The summed E-state index contributed by atoms with van der Waals surface area (Å²) in [5.41, 5.74) is 0. The van der Waals surface area contributed by atoms with Gasteiger partial charge in [-0.3, -0.25) is 37.3 Å². The second kappa shape index (κ2) is 75.1. The second-order valence-corrected chi connectivity index (χ2v) is 34.7. The van der Waals surface area contributed by atoms with Crippen LogP contribution in [0.4, 0.5) is 0 Å². The summed E-state index contributed by atoms with van der Waals surface area (Å²) in [6.07, 6.45) is 65.2. The van der Waals surface area contributed by atoms with Gasteiger partial charge in [0, 0.05) is 25.7 Å². The number of ether oxygens (including phenoxy) is 4. The van der Waals surface area contributed by atoms with Gasteiger partial charge in [-0.05, 0) is 43.4 Å². The number of hydrogen-bond donors (Lipinski definition) is 3. The lowest BCUT2D eigenvalue weighted by atomic mass is 9.99. The number of rotatable bonds is 83. The monoisotopic (exact) mass is 1520 g/mol. The molecule has 19 heteroatoms. The highest BCUT2D eigenvalue weighted by atomic mass is 31.2. The Morgan fingerprint density at radius 2 is 0.490 bits per heavy atom. The Kier molecular flexibility index (Phi) is 73.7. The van der Waals surface area contributed by atoms with Gasteiger partial charge in [0.25, 0.3) is 0 Å². The summed E-state index contributed by atoms with van der Waals surface area (Å²) in [6, 6.07) is 0. The van der Waals surface area contributed by atoms with E-state index in [1.54, 1.807) is 0 Å². The van der Waals surface area contributed by atoms with Gasteiger partial charge < -0.3 is 33.8 Å². The molecule has 104 heavy (non-hydrogen) atoms. The molecule has 17 nitrogen and oxygen atoms in total. The molecule has 0 aromatic heterocycles. The highest BCUT2D eigenvalue weighted by molar-refractivity contribution is 7.47. The topological polar surface area (TPSA) is 237 Å². The van der Waals surface area contributed by atoms with Crippen LogP contribution in [0.2, 0.25) is 0 Å². The van der Waals surface area contributed by atoms with Crippen molar-refractivity contribution in [1.82, 2.24) is 0 Å². The third-order valence-corrected chi connectivity index (χ3v) is 22.1. The molecule has 0 aliphatic rings. The van der Waals surface area contributed by atoms with E-state index in [-0.39, 0.29) is 25.7 Å². The molecule has 0 spiro atoms.